The van der Waals surface area contributed by atoms with Crippen molar-refractivity contribution in [1.29, 1.82) is 0 Å². The van der Waals surface area contributed by atoms with E-state index in [1.54, 1.807) is 29.4 Å². The summed E-state index contributed by atoms with van der Waals surface area (Å²) in [4.78, 5) is 24.2. The van der Waals surface area contributed by atoms with Crippen LogP contribution < -0.4 is 5.32 Å². The largest absolute Gasteiger partial charge is 0.321 e. The minimum Gasteiger partial charge on any atom is -0.321 e. The minimum absolute atomic E-state index is 0.256. The highest BCUT2D eigenvalue weighted by atomic mass is 32.2. The number of piperidine rings is 1. The number of hydrogen-bond acceptors (Lipinski definition) is 6. The van der Waals surface area contributed by atoms with Crippen LogP contribution in [0.25, 0.3) is 10.2 Å². The maximum absolute atomic E-state index is 13.2. The number of aromatic nitrogens is 2. The van der Waals surface area contributed by atoms with Crippen LogP contribution >= 0.6 is 11.3 Å². The Labute approximate surface area is 198 Å². The summed E-state index contributed by atoms with van der Waals surface area (Å²) in [6.45, 7) is 6.76. The van der Waals surface area contributed by atoms with Crippen molar-refractivity contribution >= 4 is 43.2 Å². The first-order valence-electron chi connectivity index (χ1n) is 11.5. The number of amides is 1. The maximum atomic E-state index is 13.2. The van der Waals surface area contributed by atoms with Crippen LogP contribution in [0.3, 0.4) is 0 Å². The van der Waals surface area contributed by atoms with Crippen LogP contribution in [0.2, 0.25) is 0 Å². The van der Waals surface area contributed by atoms with Gasteiger partial charge in [0.15, 0.2) is 0 Å². The van der Waals surface area contributed by atoms with Crippen LogP contribution in [0.1, 0.15) is 70.3 Å². The van der Waals surface area contributed by atoms with E-state index in [0.29, 0.717) is 35.1 Å². The highest BCUT2D eigenvalue weighted by Crippen LogP contribution is 2.40. The van der Waals surface area contributed by atoms with Crippen LogP contribution in [-0.4, -0.2) is 41.7 Å². The van der Waals surface area contributed by atoms with Crippen molar-refractivity contribution in [1.82, 2.24) is 14.3 Å². The molecule has 9 heteroatoms. The van der Waals surface area contributed by atoms with E-state index in [9.17, 15) is 13.2 Å². The van der Waals surface area contributed by atoms with Gasteiger partial charge in [0.2, 0.25) is 10.0 Å². The van der Waals surface area contributed by atoms with Crippen molar-refractivity contribution in [2.75, 3.05) is 18.4 Å². The van der Waals surface area contributed by atoms with Crippen LogP contribution in [0.5, 0.6) is 0 Å². The SMILES string of the molecule is Cc1ccc(NC(=O)c2sc3nc(C4CC4)nc(C)c3c2C)cc1S(=O)(=O)N1CCCCC1. The molecule has 1 aliphatic carbocycles. The summed E-state index contributed by atoms with van der Waals surface area (Å²) in [5, 5.41) is 3.85. The van der Waals surface area contributed by atoms with Crippen molar-refractivity contribution in [2.45, 2.75) is 63.7 Å². The molecule has 0 bridgehead atoms. The molecule has 3 heterocycles. The number of carbonyl (C=O) groups is 1. The maximum Gasteiger partial charge on any atom is 0.266 e. The third-order valence-corrected chi connectivity index (χ3v) is 9.74. The number of nitrogens with zero attached hydrogens (tertiary/aromatic N) is 3. The summed E-state index contributed by atoms with van der Waals surface area (Å²) in [6.07, 6.45) is 5.06. The Bertz CT molecular complexity index is 1350. The van der Waals surface area contributed by atoms with Gasteiger partial charge in [-0.25, -0.2) is 18.4 Å². The third-order valence-electron chi connectivity index (χ3n) is 6.52. The zero-order valence-electron chi connectivity index (χ0n) is 19.1. The molecule has 7 nitrogen and oxygen atoms in total. The van der Waals surface area contributed by atoms with Crippen molar-refractivity contribution in [3.05, 3.63) is 45.7 Å². The molecular weight excluding hydrogens is 456 g/mol. The molecule has 33 heavy (non-hydrogen) atoms. The quantitative estimate of drug-likeness (QED) is 0.555. The van der Waals surface area contributed by atoms with Crippen LogP contribution in [-0.2, 0) is 10.0 Å². The Morgan fingerprint density at radius 2 is 1.82 bits per heavy atom. The first-order valence-corrected chi connectivity index (χ1v) is 13.7. The monoisotopic (exact) mass is 484 g/mol. The first-order chi connectivity index (χ1) is 15.8. The van der Waals surface area contributed by atoms with Crippen LogP contribution in [0, 0.1) is 20.8 Å². The number of anilines is 1. The fourth-order valence-corrected chi connectivity index (χ4v) is 7.39. The summed E-state index contributed by atoms with van der Waals surface area (Å²) >= 11 is 1.37. The zero-order valence-corrected chi connectivity index (χ0v) is 20.8. The van der Waals surface area contributed by atoms with Crippen molar-refractivity contribution < 1.29 is 13.2 Å². The van der Waals surface area contributed by atoms with E-state index in [1.165, 1.54) is 11.3 Å². The lowest BCUT2D eigenvalue weighted by molar-refractivity contribution is 0.103. The second kappa shape index (κ2) is 8.45. The van der Waals surface area contributed by atoms with E-state index in [1.807, 2.05) is 13.8 Å². The lowest BCUT2D eigenvalue weighted by Gasteiger charge is -2.26. The Hall–Kier alpha value is -2.36. The van der Waals surface area contributed by atoms with E-state index in [2.05, 4.69) is 10.3 Å². The minimum atomic E-state index is -3.59. The highest BCUT2D eigenvalue weighted by Gasteiger charge is 2.30. The van der Waals surface area contributed by atoms with Crippen LogP contribution in [0.4, 0.5) is 5.69 Å². The van der Waals surface area contributed by atoms with E-state index in [4.69, 9.17) is 4.98 Å². The van der Waals surface area contributed by atoms with E-state index < -0.39 is 10.0 Å². The van der Waals surface area contributed by atoms with Gasteiger partial charge in [0.1, 0.15) is 10.7 Å². The van der Waals surface area contributed by atoms with Gasteiger partial charge in [-0.1, -0.05) is 12.5 Å². The number of fused-ring (bicyclic) bond motifs is 1. The predicted molar refractivity (Wildman–Crippen MR) is 131 cm³/mol. The summed E-state index contributed by atoms with van der Waals surface area (Å²) in [5.41, 5.74) is 2.91. The molecule has 1 saturated carbocycles. The lowest BCUT2D eigenvalue weighted by atomic mass is 10.1. The van der Waals surface area contributed by atoms with E-state index >= 15 is 0 Å². The number of hydrogen-bond donors (Lipinski definition) is 1. The molecule has 0 unspecified atom stereocenters. The molecule has 5 rings (SSSR count). The first kappa shape index (κ1) is 22.4. The predicted octanol–water partition coefficient (Wildman–Crippen LogP) is 4.92. The second-order valence-electron chi connectivity index (χ2n) is 9.08. The van der Waals surface area contributed by atoms with Gasteiger partial charge in [0.05, 0.1) is 15.5 Å². The topological polar surface area (TPSA) is 92.3 Å². The molecule has 0 atom stereocenters. The van der Waals surface area contributed by atoms with Crippen molar-refractivity contribution in [3.63, 3.8) is 0 Å². The van der Waals surface area contributed by atoms with Crippen LogP contribution in [0.15, 0.2) is 23.1 Å². The van der Waals surface area contributed by atoms with E-state index in [-0.39, 0.29) is 10.8 Å². The standard InChI is InChI=1S/C24H28N4O3S2/c1-14-7-10-18(13-19(14)33(30,31)28-11-5-4-6-12-28)26-23(29)21-15(2)20-16(3)25-22(17-8-9-17)27-24(20)32-21/h7,10,13,17H,4-6,8-9,11-12H2,1-3H3,(H,26,29). The molecule has 1 N–H and O–H groups in total. The number of benzene rings is 1. The molecule has 3 aromatic rings. The molecule has 2 aromatic heterocycles. The van der Waals surface area contributed by atoms with Gasteiger partial charge in [-0.15, -0.1) is 11.3 Å². The van der Waals surface area contributed by atoms with Gasteiger partial charge in [-0.3, -0.25) is 4.79 Å². The van der Waals surface area contributed by atoms with Gasteiger partial charge in [-0.2, -0.15) is 4.31 Å². The third kappa shape index (κ3) is 4.18. The average Bonchev–Trinajstić information content (AvgIpc) is 3.59. The molecule has 2 aliphatic rings. The van der Waals surface area contributed by atoms with Gasteiger partial charge in [0, 0.05) is 30.1 Å². The Kier molecular flexibility index (Phi) is 5.74. The highest BCUT2D eigenvalue weighted by molar-refractivity contribution is 7.89. The van der Waals surface area contributed by atoms with Gasteiger partial charge in [-0.05, 0) is 69.7 Å². The van der Waals surface area contributed by atoms with Gasteiger partial charge < -0.3 is 5.32 Å². The van der Waals surface area contributed by atoms with Gasteiger partial charge >= 0.3 is 0 Å². The smallest absolute Gasteiger partial charge is 0.266 e. The lowest BCUT2D eigenvalue weighted by Crippen LogP contribution is -2.36. The summed E-state index contributed by atoms with van der Waals surface area (Å²) < 4.78 is 28.0. The molecule has 1 amide bonds. The summed E-state index contributed by atoms with van der Waals surface area (Å²) in [6, 6.07) is 5.08. The number of aryl methyl sites for hydroxylation is 3. The van der Waals surface area contributed by atoms with Crippen molar-refractivity contribution in [3.8, 4) is 0 Å². The van der Waals surface area contributed by atoms with E-state index in [0.717, 1.165) is 59.4 Å². The summed E-state index contributed by atoms with van der Waals surface area (Å²) in [7, 11) is -3.59. The molecular formula is C24H28N4O3S2. The summed E-state index contributed by atoms with van der Waals surface area (Å²) in [5.74, 6) is 1.06. The average molecular weight is 485 g/mol. The number of nitrogens with one attached hydrogen (secondary N) is 1. The zero-order chi connectivity index (χ0) is 23.3. The Balaban J connectivity index is 1.44. The fourth-order valence-electron chi connectivity index (χ4n) is 4.49. The molecule has 1 aromatic carbocycles. The number of rotatable bonds is 5. The molecule has 2 fully saturated rings. The Morgan fingerprint density at radius 3 is 2.52 bits per heavy atom. The number of carbonyl (C=O) groups excluding carboxylic acids is 1. The number of sulfonamides is 1. The molecule has 1 saturated heterocycles. The molecule has 0 radical (unpaired) electrons. The fraction of sp³-hybridized carbons (Fsp3) is 0.458. The molecule has 0 spiro atoms. The molecule has 174 valence electrons. The van der Waals surface area contributed by atoms with Gasteiger partial charge in [0.25, 0.3) is 5.91 Å². The van der Waals surface area contributed by atoms with Crippen molar-refractivity contribution in [2.24, 2.45) is 0 Å². The Morgan fingerprint density at radius 1 is 1.09 bits per heavy atom. The second-order valence-corrected chi connectivity index (χ2v) is 12.0. The normalized spacial score (nSPS) is 17.4. The number of thiophene rings is 1. The molecule has 1 aliphatic heterocycles.